The Hall–Kier alpha value is -1.78. The van der Waals surface area contributed by atoms with Crippen molar-refractivity contribution in [2.45, 2.75) is 18.5 Å². The lowest BCUT2D eigenvalue weighted by Crippen LogP contribution is -2.48. The van der Waals surface area contributed by atoms with Crippen LogP contribution in [-0.4, -0.2) is 46.3 Å². The predicted octanol–water partition coefficient (Wildman–Crippen LogP) is 1.02. The van der Waals surface area contributed by atoms with Crippen molar-refractivity contribution in [1.82, 2.24) is 9.88 Å². The van der Waals surface area contributed by atoms with Crippen LogP contribution in [0.25, 0.3) is 0 Å². The lowest BCUT2D eigenvalue weighted by atomic mass is 10.2. The van der Waals surface area contributed by atoms with Gasteiger partial charge in [-0.05, 0) is 18.6 Å². The van der Waals surface area contributed by atoms with E-state index < -0.39 is 6.09 Å². The van der Waals surface area contributed by atoms with Crippen molar-refractivity contribution in [3.05, 3.63) is 24.5 Å². The summed E-state index contributed by atoms with van der Waals surface area (Å²) in [4.78, 5) is 18.8. The molecule has 2 bridgehead atoms. The Kier molecular flexibility index (Phi) is 1.99. The highest BCUT2D eigenvalue weighted by Crippen LogP contribution is 2.33. The molecular formula is C11H13N3O2. The van der Waals surface area contributed by atoms with E-state index in [2.05, 4.69) is 9.88 Å². The Morgan fingerprint density at radius 2 is 2.31 bits per heavy atom. The average molecular weight is 219 g/mol. The molecule has 2 saturated heterocycles. The highest BCUT2D eigenvalue weighted by Gasteiger charge is 2.45. The summed E-state index contributed by atoms with van der Waals surface area (Å²) in [5, 5.41) is 8.99. The van der Waals surface area contributed by atoms with Gasteiger partial charge in [0.05, 0.1) is 17.9 Å². The summed E-state index contributed by atoms with van der Waals surface area (Å²) < 4.78 is 0. The number of carbonyl (C=O) groups is 1. The van der Waals surface area contributed by atoms with Crippen LogP contribution in [0, 0.1) is 0 Å². The minimum atomic E-state index is -0.793. The zero-order valence-electron chi connectivity index (χ0n) is 8.78. The highest BCUT2D eigenvalue weighted by molar-refractivity contribution is 5.67. The Balaban J connectivity index is 1.79. The van der Waals surface area contributed by atoms with Crippen LogP contribution in [0.15, 0.2) is 24.5 Å². The number of carboxylic acid groups (broad SMARTS) is 1. The third-order valence-electron chi connectivity index (χ3n) is 3.46. The molecule has 0 aromatic carbocycles. The molecule has 2 aliphatic heterocycles. The molecule has 0 saturated carbocycles. The first-order valence-electron chi connectivity index (χ1n) is 5.42. The summed E-state index contributed by atoms with van der Waals surface area (Å²) in [5.74, 6) is 0. The monoisotopic (exact) mass is 219 g/mol. The van der Waals surface area contributed by atoms with Crippen molar-refractivity contribution in [2.75, 3.05) is 18.0 Å². The number of aromatic nitrogens is 1. The lowest BCUT2D eigenvalue weighted by molar-refractivity contribution is 0.137. The molecule has 5 heteroatoms. The van der Waals surface area contributed by atoms with Crippen LogP contribution in [0.1, 0.15) is 6.42 Å². The van der Waals surface area contributed by atoms with E-state index in [1.165, 1.54) is 0 Å². The van der Waals surface area contributed by atoms with Crippen molar-refractivity contribution in [3.8, 4) is 0 Å². The quantitative estimate of drug-likeness (QED) is 0.766. The Morgan fingerprint density at radius 1 is 1.44 bits per heavy atom. The van der Waals surface area contributed by atoms with Gasteiger partial charge in [0.2, 0.25) is 0 Å². The van der Waals surface area contributed by atoms with Crippen molar-refractivity contribution >= 4 is 11.8 Å². The maximum atomic E-state index is 10.9. The molecule has 0 aliphatic carbocycles. The second-order valence-electron chi connectivity index (χ2n) is 4.34. The number of piperazine rings is 1. The number of hydrogen-bond donors (Lipinski definition) is 1. The second kappa shape index (κ2) is 3.37. The van der Waals surface area contributed by atoms with E-state index in [1.54, 1.807) is 11.1 Å². The minimum Gasteiger partial charge on any atom is -0.465 e. The van der Waals surface area contributed by atoms with Gasteiger partial charge in [-0.25, -0.2) is 4.79 Å². The molecule has 16 heavy (non-hydrogen) atoms. The molecule has 2 fully saturated rings. The molecule has 1 aromatic heterocycles. The van der Waals surface area contributed by atoms with Crippen molar-refractivity contribution < 1.29 is 9.90 Å². The zero-order valence-corrected chi connectivity index (χ0v) is 8.78. The maximum Gasteiger partial charge on any atom is 0.407 e. The molecule has 1 amide bonds. The number of rotatable bonds is 1. The minimum absolute atomic E-state index is 0.155. The first-order valence-corrected chi connectivity index (χ1v) is 5.42. The number of likely N-dealkylation sites (tertiary alicyclic amines) is 1. The second-order valence-corrected chi connectivity index (χ2v) is 4.34. The fourth-order valence-electron chi connectivity index (χ4n) is 2.74. The van der Waals surface area contributed by atoms with Gasteiger partial charge in [0, 0.05) is 25.3 Å². The molecule has 2 aliphatic rings. The Morgan fingerprint density at radius 3 is 2.88 bits per heavy atom. The van der Waals surface area contributed by atoms with E-state index in [-0.39, 0.29) is 6.04 Å². The SMILES string of the molecule is O=C(O)N1C[C@H]2C[C@@H]1CN2c1cccnc1. The number of anilines is 1. The summed E-state index contributed by atoms with van der Waals surface area (Å²) in [5.41, 5.74) is 1.10. The number of nitrogens with zero attached hydrogens (tertiary/aromatic N) is 3. The van der Waals surface area contributed by atoms with Gasteiger partial charge in [-0.2, -0.15) is 0 Å². The molecule has 1 N–H and O–H groups in total. The Labute approximate surface area is 93.3 Å². The van der Waals surface area contributed by atoms with Gasteiger partial charge >= 0.3 is 6.09 Å². The molecule has 2 atom stereocenters. The molecule has 3 rings (SSSR count). The number of hydrogen-bond acceptors (Lipinski definition) is 3. The molecule has 0 spiro atoms. The summed E-state index contributed by atoms with van der Waals surface area (Å²) in [7, 11) is 0. The highest BCUT2D eigenvalue weighted by atomic mass is 16.4. The first kappa shape index (κ1) is 9.45. The Bertz CT molecular complexity index is 409. The largest absolute Gasteiger partial charge is 0.465 e. The molecule has 3 heterocycles. The van der Waals surface area contributed by atoms with E-state index in [0.717, 1.165) is 18.7 Å². The van der Waals surface area contributed by atoms with Gasteiger partial charge in [0.25, 0.3) is 0 Å². The van der Waals surface area contributed by atoms with Crippen LogP contribution < -0.4 is 4.90 Å². The average Bonchev–Trinajstić information content (AvgIpc) is 2.89. The van der Waals surface area contributed by atoms with Gasteiger partial charge in [-0.3, -0.25) is 4.98 Å². The smallest absolute Gasteiger partial charge is 0.407 e. The topological polar surface area (TPSA) is 56.7 Å². The summed E-state index contributed by atoms with van der Waals surface area (Å²) >= 11 is 0. The van der Waals surface area contributed by atoms with E-state index in [1.807, 2.05) is 18.3 Å². The third-order valence-corrected chi connectivity index (χ3v) is 3.46. The standard InChI is InChI=1S/C11H13N3O2/c15-11(16)14-7-9-4-10(14)6-13(9)8-2-1-3-12-5-8/h1-3,5,9-10H,4,6-7H2,(H,15,16)/t9-,10-/m1/s1. The molecule has 1 aromatic rings. The maximum absolute atomic E-state index is 10.9. The summed E-state index contributed by atoms with van der Waals surface area (Å²) in [6.07, 6.45) is 3.74. The van der Waals surface area contributed by atoms with Crippen LogP contribution >= 0.6 is 0 Å². The molecule has 5 nitrogen and oxygen atoms in total. The number of pyridine rings is 1. The number of amides is 1. The first-order chi connectivity index (χ1) is 7.75. The van der Waals surface area contributed by atoms with Gasteiger partial charge in [-0.15, -0.1) is 0 Å². The van der Waals surface area contributed by atoms with Crippen molar-refractivity contribution in [1.29, 1.82) is 0 Å². The van der Waals surface area contributed by atoms with Gasteiger partial charge in [0.1, 0.15) is 0 Å². The van der Waals surface area contributed by atoms with Crippen LogP contribution in [0.4, 0.5) is 10.5 Å². The zero-order chi connectivity index (χ0) is 11.1. The van der Waals surface area contributed by atoms with Crippen molar-refractivity contribution in [3.63, 3.8) is 0 Å². The third kappa shape index (κ3) is 1.31. The van der Waals surface area contributed by atoms with E-state index in [4.69, 9.17) is 5.11 Å². The number of fused-ring (bicyclic) bond motifs is 2. The van der Waals surface area contributed by atoms with Crippen LogP contribution in [0.5, 0.6) is 0 Å². The van der Waals surface area contributed by atoms with Crippen LogP contribution in [-0.2, 0) is 0 Å². The molecule has 0 unspecified atom stereocenters. The van der Waals surface area contributed by atoms with E-state index >= 15 is 0 Å². The fourth-order valence-corrected chi connectivity index (χ4v) is 2.74. The molecule has 0 radical (unpaired) electrons. The summed E-state index contributed by atoms with van der Waals surface area (Å²) in [6.45, 7) is 1.41. The van der Waals surface area contributed by atoms with Crippen LogP contribution in [0.3, 0.4) is 0 Å². The fraction of sp³-hybridized carbons (Fsp3) is 0.455. The summed E-state index contributed by atoms with van der Waals surface area (Å²) in [6, 6.07) is 4.42. The molecule has 84 valence electrons. The molecular weight excluding hydrogens is 206 g/mol. The van der Waals surface area contributed by atoms with Gasteiger partial charge in [0.15, 0.2) is 0 Å². The van der Waals surface area contributed by atoms with Gasteiger partial charge < -0.3 is 14.9 Å². The van der Waals surface area contributed by atoms with E-state index in [9.17, 15) is 4.79 Å². The normalized spacial score (nSPS) is 27.5. The van der Waals surface area contributed by atoms with Gasteiger partial charge in [-0.1, -0.05) is 0 Å². The predicted molar refractivity (Wildman–Crippen MR) is 58.5 cm³/mol. The van der Waals surface area contributed by atoms with Crippen molar-refractivity contribution in [2.24, 2.45) is 0 Å². The van der Waals surface area contributed by atoms with Crippen LogP contribution in [0.2, 0.25) is 0 Å². The van der Waals surface area contributed by atoms with E-state index in [0.29, 0.717) is 12.6 Å². The lowest BCUT2D eigenvalue weighted by Gasteiger charge is -2.33.